The maximum Gasteiger partial charge on any atom is 0.226 e. The van der Waals surface area contributed by atoms with Crippen LogP contribution in [0.25, 0.3) is 11.1 Å². The fourth-order valence-electron chi connectivity index (χ4n) is 4.50. The zero-order valence-electron chi connectivity index (χ0n) is 16.4. The maximum absolute atomic E-state index is 12.9. The fraction of sp³-hybridized carbons (Fsp3) is 0.478. The van der Waals surface area contributed by atoms with Gasteiger partial charge in [-0.15, -0.1) is 12.4 Å². The van der Waals surface area contributed by atoms with E-state index in [-0.39, 0.29) is 18.3 Å². The van der Waals surface area contributed by atoms with Crippen LogP contribution in [0.3, 0.4) is 0 Å². The number of likely N-dealkylation sites (tertiary alicyclic amines) is 1. The number of benzene rings is 1. The predicted octanol–water partition coefficient (Wildman–Crippen LogP) is 5.86. The van der Waals surface area contributed by atoms with Gasteiger partial charge in [0.2, 0.25) is 5.91 Å². The summed E-state index contributed by atoms with van der Waals surface area (Å²) < 4.78 is 0. The zero-order chi connectivity index (χ0) is 18.8. The molecule has 1 atom stereocenters. The highest BCUT2D eigenvalue weighted by atomic mass is 35.5. The normalized spacial score (nSPS) is 20.3. The molecule has 3 nitrogen and oxygen atoms in total. The largest absolute Gasteiger partial charge is 0.339 e. The molecule has 2 heterocycles. The summed E-state index contributed by atoms with van der Waals surface area (Å²) in [6.07, 6.45) is 9.78. The third-order valence-electron chi connectivity index (χ3n) is 6.13. The van der Waals surface area contributed by atoms with E-state index in [9.17, 15) is 4.79 Å². The number of pyridine rings is 1. The summed E-state index contributed by atoms with van der Waals surface area (Å²) in [6, 6.07) is 10.7. The summed E-state index contributed by atoms with van der Waals surface area (Å²) in [5.74, 6) is 0.418. The van der Waals surface area contributed by atoms with Gasteiger partial charge in [0, 0.05) is 41.0 Å². The third-order valence-corrected chi connectivity index (χ3v) is 6.48. The van der Waals surface area contributed by atoms with Crippen molar-refractivity contribution in [1.82, 2.24) is 9.88 Å². The molecule has 1 aromatic carbocycles. The van der Waals surface area contributed by atoms with Crippen LogP contribution in [0.15, 0.2) is 36.5 Å². The van der Waals surface area contributed by atoms with Crippen LogP contribution in [0.2, 0.25) is 5.02 Å². The molecule has 0 radical (unpaired) electrons. The van der Waals surface area contributed by atoms with Crippen LogP contribution in [-0.4, -0.2) is 28.4 Å². The molecule has 2 aromatic rings. The van der Waals surface area contributed by atoms with Crippen molar-refractivity contribution in [2.24, 2.45) is 5.92 Å². The minimum absolute atomic E-state index is 0. The Bertz CT molecular complexity index is 816. The van der Waals surface area contributed by atoms with Crippen molar-refractivity contribution in [3.05, 3.63) is 52.8 Å². The SMILES string of the molecule is Cc1ccc(-c2ccc(CC3CCN(C4CCCCC4)C3=O)c(Cl)c2)cn1.Cl. The molecule has 2 fully saturated rings. The second-order valence-electron chi connectivity index (χ2n) is 8.01. The number of carbonyl (C=O) groups excluding carboxylic acids is 1. The average Bonchev–Trinajstić information content (AvgIpc) is 3.05. The molecule has 0 N–H and O–H groups in total. The maximum atomic E-state index is 12.9. The van der Waals surface area contributed by atoms with Gasteiger partial charge in [0.25, 0.3) is 0 Å². The molecule has 4 rings (SSSR count). The summed E-state index contributed by atoms with van der Waals surface area (Å²) in [7, 11) is 0. The van der Waals surface area contributed by atoms with Crippen molar-refractivity contribution in [3.63, 3.8) is 0 Å². The van der Waals surface area contributed by atoms with Gasteiger partial charge in [-0.3, -0.25) is 9.78 Å². The van der Waals surface area contributed by atoms with Gasteiger partial charge in [-0.05, 0) is 55.9 Å². The van der Waals surface area contributed by atoms with Gasteiger partial charge < -0.3 is 4.90 Å². The van der Waals surface area contributed by atoms with Crippen LogP contribution in [0, 0.1) is 12.8 Å². The van der Waals surface area contributed by atoms with E-state index in [4.69, 9.17) is 11.6 Å². The summed E-state index contributed by atoms with van der Waals surface area (Å²) >= 11 is 6.58. The minimum atomic E-state index is 0. The average molecular weight is 419 g/mol. The minimum Gasteiger partial charge on any atom is -0.339 e. The van der Waals surface area contributed by atoms with Crippen molar-refractivity contribution in [1.29, 1.82) is 0 Å². The molecule has 1 aromatic heterocycles. The molecule has 1 aliphatic heterocycles. The van der Waals surface area contributed by atoms with Crippen molar-refractivity contribution in [3.8, 4) is 11.1 Å². The number of hydrogen-bond acceptors (Lipinski definition) is 2. The van der Waals surface area contributed by atoms with Gasteiger partial charge >= 0.3 is 0 Å². The van der Waals surface area contributed by atoms with Gasteiger partial charge in [0.15, 0.2) is 0 Å². The van der Waals surface area contributed by atoms with Crippen LogP contribution in [0.5, 0.6) is 0 Å². The Morgan fingerprint density at radius 1 is 1.07 bits per heavy atom. The molecule has 28 heavy (non-hydrogen) atoms. The van der Waals surface area contributed by atoms with Gasteiger partial charge in [0.05, 0.1) is 0 Å². The van der Waals surface area contributed by atoms with Gasteiger partial charge in [-0.2, -0.15) is 0 Å². The number of aryl methyl sites for hydroxylation is 1. The Morgan fingerprint density at radius 3 is 2.50 bits per heavy atom. The lowest BCUT2D eigenvalue weighted by molar-refractivity contribution is -0.133. The van der Waals surface area contributed by atoms with Gasteiger partial charge in [-0.1, -0.05) is 49.1 Å². The van der Waals surface area contributed by atoms with Gasteiger partial charge in [-0.25, -0.2) is 0 Å². The Kier molecular flexibility index (Phi) is 7.00. The fourth-order valence-corrected chi connectivity index (χ4v) is 4.76. The summed E-state index contributed by atoms with van der Waals surface area (Å²) in [5, 5.41) is 0.747. The first-order valence-electron chi connectivity index (χ1n) is 10.1. The van der Waals surface area contributed by atoms with E-state index in [1.807, 2.05) is 25.3 Å². The van der Waals surface area contributed by atoms with Gasteiger partial charge in [0.1, 0.15) is 0 Å². The highest BCUT2D eigenvalue weighted by molar-refractivity contribution is 6.31. The predicted molar refractivity (Wildman–Crippen MR) is 117 cm³/mol. The quantitative estimate of drug-likeness (QED) is 0.622. The summed E-state index contributed by atoms with van der Waals surface area (Å²) in [4.78, 5) is 19.4. The first kappa shape index (κ1) is 21.1. The molecular formula is C23H28Cl2N2O. The Morgan fingerprint density at radius 2 is 1.82 bits per heavy atom. The lowest BCUT2D eigenvalue weighted by Crippen LogP contribution is -2.39. The van der Waals surface area contributed by atoms with Crippen LogP contribution in [0.4, 0.5) is 0 Å². The lowest BCUT2D eigenvalue weighted by atomic mass is 9.93. The number of carbonyl (C=O) groups is 1. The number of aromatic nitrogens is 1. The second-order valence-corrected chi connectivity index (χ2v) is 8.41. The number of rotatable bonds is 4. The summed E-state index contributed by atoms with van der Waals surface area (Å²) in [5.41, 5.74) is 4.21. The Balaban J connectivity index is 0.00000225. The molecule has 0 bridgehead atoms. The Labute approximate surface area is 178 Å². The van der Waals surface area contributed by atoms with E-state index < -0.39 is 0 Å². The second kappa shape index (κ2) is 9.28. The molecule has 0 spiro atoms. The van der Waals surface area contributed by atoms with E-state index >= 15 is 0 Å². The van der Waals surface area contributed by atoms with E-state index in [1.54, 1.807) is 0 Å². The Hall–Kier alpha value is -1.58. The number of halogens is 2. The summed E-state index contributed by atoms with van der Waals surface area (Å²) in [6.45, 7) is 2.90. The number of hydrogen-bond donors (Lipinski definition) is 0. The molecule has 150 valence electrons. The first-order valence-corrected chi connectivity index (χ1v) is 10.5. The standard InChI is InChI=1S/C23H27ClN2O.ClH/c1-16-7-8-20(15-25-16)17-9-10-18(22(24)14-17)13-19-11-12-26(23(19)27)21-5-3-2-4-6-21;/h7-10,14-15,19,21H,2-6,11-13H2,1H3;1H. The smallest absolute Gasteiger partial charge is 0.226 e. The van der Waals surface area contributed by atoms with E-state index in [2.05, 4.69) is 28.1 Å². The monoisotopic (exact) mass is 418 g/mol. The third kappa shape index (κ3) is 4.52. The molecular weight excluding hydrogens is 391 g/mol. The van der Waals surface area contributed by atoms with Crippen LogP contribution >= 0.6 is 24.0 Å². The first-order chi connectivity index (χ1) is 13.1. The number of nitrogens with zero attached hydrogens (tertiary/aromatic N) is 2. The molecule has 1 aliphatic carbocycles. The van der Waals surface area contributed by atoms with Crippen molar-refractivity contribution in [2.45, 2.75) is 57.9 Å². The molecule has 2 aliphatic rings. The lowest BCUT2D eigenvalue weighted by Gasteiger charge is -2.31. The molecule has 1 unspecified atom stereocenters. The van der Waals surface area contributed by atoms with Crippen LogP contribution in [-0.2, 0) is 11.2 Å². The zero-order valence-corrected chi connectivity index (χ0v) is 17.9. The van der Waals surface area contributed by atoms with Crippen molar-refractivity contribution in [2.75, 3.05) is 6.54 Å². The topological polar surface area (TPSA) is 33.2 Å². The molecule has 1 amide bonds. The van der Waals surface area contributed by atoms with E-state index in [0.29, 0.717) is 11.9 Å². The molecule has 5 heteroatoms. The molecule has 1 saturated carbocycles. The van der Waals surface area contributed by atoms with E-state index in [1.165, 1.54) is 32.1 Å². The molecule has 1 saturated heterocycles. The van der Waals surface area contributed by atoms with Crippen LogP contribution in [0.1, 0.15) is 49.8 Å². The van der Waals surface area contributed by atoms with Crippen LogP contribution < -0.4 is 0 Å². The van der Waals surface area contributed by atoms with Crippen molar-refractivity contribution >= 4 is 29.9 Å². The van der Waals surface area contributed by atoms with Crippen molar-refractivity contribution < 1.29 is 4.79 Å². The highest BCUT2D eigenvalue weighted by Crippen LogP contribution is 2.33. The highest BCUT2D eigenvalue weighted by Gasteiger charge is 2.36. The van der Waals surface area contributed by atoms with E-state index in [0.717, 1.165) is 46.8 Å². The number of amides is 1.